The van der Waals surface area contributed by atoms with Gasteiger partial charge >= 0.3 is 0 Å². The zero-order chi connectivity index (χ0) is 13.6. The van der Waals surface area contributed by atoms with Crippen LogP contribution in [-0.2, 0) is 6.42 Å². The maximum absolute atomic E-state index is 4.59. The smallest absolute Gasteiger partial charge is 0.225 e. The minimum atomic E-state index is 0.390. The summed E-state index contributed by atoms with van der Waals surface area (Å²) in [6.07, 6.45) is 2.25. The molecule has 1 aliphatic carbocycles. The van der Waals surface area contributed by atoms with Gasteiger partial charge in [0.05, 0.1) is 5.39 Å². The van der Waals surface area contributed by atoms with E-state index in [1.54, 1.807) is 11.3 Å². The van der Waals surface area contributed by atoms with Gasteiger partial charge in [-0.3, -0.25) is 0 Å². The third kappa shape index (κ3) is 2.27. The average Bonchev–Trinajstić information content (AvgIpc) is 2.82. The van der Waals surface area contributed by atoms with Gasteiger partial charge in [-0.25, -0.2) is 4.98 Å². The van der Waals surface area contributed by atoms with Crippen molar-refractivity contribution in [3.63, 3.8) is 0 Å². The molecule has 0 radical (unpaired) electrons. The Balaban J connectivity index is 2.02. The first-order valence-corrected chi connectivity index (χ1v) is 7.60. The van der Waals surface area contributed by atoms with E-state index in [0.29, 0.717) is 17.4 Å². The fourth-order valence-electron chi connectivity index (χ4n) is 2.25. The highest BCUT2D eigenvalue weighted by molar-refractivity contribution is 7.18. The van der Waals surface area contributed by atoms with E-state index < -0.39 is 0 Å². The minimum absolute atomic E-state index is 0.390. The summed E-state index contributed by atoms with van der Waals surface area (Å²) in [4.78, 5) is 11.6. The third-order valence-corrected chi connectivity index (χ3v) is 5.01. The van der Waals surface area contributed by atoms with Crippen LogP contribution in [0.1, 0.15) is 32.1 Å². The second-order valence-corrected chi connectivity index (χ2v) is 6.94. The van der Waals surface area contributed by atoms with Crippen molar-refractivity contribution < 1.29 is 0 Å². The first-order valence-electron chi connectivity index (χ1n) is 6.78. The van der Waals surface area contributed by atoms with Crippen molar-refractivity contribution in [1.29, 1.82) is 0 Å². The fraction of sp³-hybridized carbons (Fsp3) is 0.571. The molecular formula is C14H20N4S. The monoisotopic (exact) mass is 276 g/mol. The molecule has 0 aromatic carbocycles. The molecule has 19 heavy (non-hydrogen) atoms. The number of anilines is 2. The van der Waals surface area contributed by atoms with E-state index >= 15 is 0 Å². The molecule has 0 saturated heterocycles. The lowest BCUT2D eigenvalue weighted by Crippen LogP contribution is -2.11. The Kier molecular flexibility index (Phi) is 2.89. The number of nitrogens with zero attached hydrogens (tertiary/aromatic N) is 2. The van der Waals surface area contributed by atoms with E-state index in [-0.39, 0.29) is 0 Å². The van der Waals surface area contributed by atoms with Crippen LogP contribution in [0, 0.1) is 5.41 Å². The second kappa shape index (κ2) is 4.34. The van der Waals surface area contributed by atoms with Gasteiger partial charge in [0.2, 0.25) is 5.95 Å². The van der Waals surface area contributed by atoms with E-state index in [2.05, 4.69) is 47.4 Å². The van der Waals surface area contributed by atoms with Crippen LogP contribution in [0.5, 0.6) is 0 Å². The molecule has 0 amide bonds. The molecule has 2 N–H and O–H groups in total. The summed E-state index contributed by atoms with van der Waals surface area (Å²) in [7, 11) is 1.86. The summed E-state index contributed by atoms with van der Waals surface area (Å²) in [6.45, 7) is 6.74. The van der Waals surface area contributed by atoms with E-state index in [9.17, 15) is 0 Å². The quantitative estimate of drug-likeness (QED) is 0.897. The van der Waals surface area contributed by atoms with E-state index in [1.807, 2.05) is 7.05 Å². The Morgan fingerprint density at radius 3 is 2.74 bits per heavy atom. The van der Waals surface area contributed by atoms with Gasteiger partial charge in [0.25, 0.3) is 0 Å². The lowest BCUT2D eigenvalue weighted by Gasteiger charge is -2.09. The maximum atomic E-state index is 4.59. The fourth-order valence-corrected chi connectivity index (χ4v) is 3.21. The van der Waals surface area contributed by atoms with Crippen molar-refractivity contribution in [2.24, 2.45) is 5.41 Å². The first-order chi connectivity index (χ1) is 9.03. The zero-order valence-corrected chi connectivity index (χ0v) is 12.7. The predicted molar refractivity (Wildman–Crippen MR) is 82.1 cm³/mol. The SMILES string of the molecule is CCc1cc2c(NC3CC3(C)C)nc(NC)nc2s1. The summed E-state index contributed by atoms with van der Waals surface area (Å²) in [5.74, 6) is 1.67. The maximum Gasteiger partial charge on any atom is 0.225 e. The number of fused-ring (bicyclic) bond motifs is 1. The van der Waals surface area contributed by atoms with Crippen LogP contribution in [0.2, 0.25) is 0 Å². The summed E-state index contributed by atoms with van der Waals surface area (Å²) in [6, 6.07) is 2.75. The molecule has 0 aliphatic heterocycles. The van der Waals surface area contributed by atoms with E-state index in [1.165, 1.54) is 11.3 Å². The minimum Gasteiger partial charge on any atom is -0.366 e. The lowest BCUT2D eigenvalue weighted by atomic mass is 10.2. The molecule has 5 heteroatoms. The number of rotatable bonds is 4. The molecule has 102 valence electrons. The molecule has 4 nitrogen and oxygen atoms in total. The normalized spacial score (nSPS) is 20.5. The molecule has 1 saturated carbocycles. The summed E-state index contributed by atoms with van der Waals surface area (Å²) in [5.41, 5.74) is 0.390. The molecule has 1 atom stereocenters. The molecule has 2 aromatic heterocycles. The Hall–Kier alpha value is -1.36. The van der Waals surface area contributed by atoms with Crippen molar-refractivity contribution in [3.8, 4) is 0 Å². The Bertz CT molecular complexity index is 617. The standard InChI is InChI=1S/C14H20N4S/c1-5-8-6-9-11(16-10-7-14(10,2)3)17-13(15-4)18-12(9)19-8/h6,10H,5,7H2,1-4H3,(H2,15,16,17,18). The molecule has 3 rings (SSSR count). The summed E-state index contributed by atoms with van der Waals surface area (Å²) >= 11 is 1.76. The van der Waals surface area contributed by atoms with Crippen molar-refractivity contribution in [2.75, 3.05) is 17.7 Å². The van der Waals surface area contributed by atoms with Gasteiger partial charge in [-0.05, 0) is 24.3 Å². The molecule has 2 heterocycles. The average molecular weight is 276 g/mol. The number of hydrogen-bond acceptors (Lipinski definition) is 5. The van der Waals surface area contributed by atoms with E-state index in [0.717, 1.165) is 22.5 Å². The van der Waals surface area contributed by atoms with Gasteiger partial charge < -0.3 is 10.6 Å². The van der Waals surface area contributed by atoms with Gasteiger partial charge in [-0.2, -0.15) is 4.98 Å². The number of aryl methyl sites for hydroxylation is 1. The number of aromatic nitrogens is 2. The molecule has 1 fully saturated rings. The number of thiophene rings is 1. The zero-order valence-electron chi connectivity index (χ0n) is 11.9. The predicted octanol–water partition coefficient (Wildman–Crippen LogP) is 3.51. The highest BCUT2D eigenvalue weighted by Crippen LogP contribution is 2.47. The lowest BCUT2D eigenvalue weighted by molar-refractivity contribution is 0.630. The Morgan fingerprint density at radius 2 is 2.16 bits per heavy atom. The molecule has 2 aromatic rings. The van der Waals surface area contributed by atoms with Gasteiger partial charge in [-0.1, -0.05) is 20.8 Å². The van der Waals surface area contributed by atoms with Crippen LogP contribution < -0.4 is 10.6 Å². The van der Waals surface area contributed by atoms with Gasteiger partial charge in [0.1, 0.15) is 10.6 Å². The highest BCUT2D eigenvalue weighted by atomic mass is 32.1. The van der Waals surface area contributed by atoms with Gasteiger partial charge in [-0.15, -0.1) is 11.3 Å². The largest absolute Gasteiger partial charge is 0.366 e. The van der Waals surface area contributed by atoms with Crippen LogP contribution in [-0.4, -0.2) is 23.1 Å². The molecule has 0 spiro atoms. The van der Waals surface area contributed by atoms with Crippen LogP contribution in [0.3, 0.4) is 0 Å². The van der Waals surface area contributed by atoms with Crippen LogP contribution in [0.4, 0.5) is 11.8 Å². The molecule has 0 bridgehead atoms. The highest BCUT2D eigenvalue weighted by Gasteiger charge is 2.46. The molecular weight excluding hydrogens is 256 g/mol. The van der Waals surface area contributed by atoms with Gasteiger partial charge in [0.15, 0.2) is 0 Å². The first kappa shape index (κ1) is 12.7. The van der Waals surface area contributed by atoms with Crippen molar-refractivity contribution >= 4 is 33.3 Å². The number of nitrogens with one attached hydrogen (secondary N) is 2. The van der Waals surface area contributed by atoms with Crippen molar-refractivity contribution in [1.82, 2.24) is 9.97 Å². The van der Waals surface area contributed by atoms with E-state index in [4.69, 9.17) is 0 Å². The number of hydrogen-bond donors (Lipinski definition) is 2. The van der Waals surface area contributed by atoms with Crippen LogP contribution in [0.25, 0.3) is 10.2 Å². The third-order valence-electron chi connectivity index (χ3n) is 3.84. The second-order valence-electron chi connectivity index (χ2n) is 5.82. The Labute approximate surface area is 117 Å². The van der Waals surface area contributed by atoms with Crippen LogP contribution >= 0.6 is 11.3 Å². The molecule has 1 unspecified atom stereocenters. The van der Waals surface area contributed by atoms with Crippen LogP contribution in [0.15, 0.2) is 6.07 Å². The summed E-state index contributed by atoms with van der Waals surface area (Å²) in [5, 5.41) is 7.78. The summed E-state index contributed by atoms with van der Waals surface area (Å²) < 4.78 is 0. The molecule has 1 aliphatic rings. The van der Waals surface area contributed by atoms with Crippen molar-refractivity contribution in [2.45, 2.75) is 39.7 Å². The topological polar surface area (TPSA) is 49.8 Å². The van der Waals surface area contributed by atoms with Gasteiger partial charge in [0, 0.05) is 18.0 Å². The van der Waals surface area contributed by atoms with Crippen molar-refractivity contribution in [3.05, 3.63) is 10.9 Å². The Morgan fingerprint density at radius 1 is 1.42 bits per heavy atom.